The van der Waals surface area contributed by atoms with Gasteiger partial charge in [-0.1, -0.05) is 60.6 Å². The van der Waals surface area contributed by atoms with Crippen molar-refractivity contribution in [3.05, 3.63) is 60.6 Å². The Morgan fingerprint density at radius 2 is 1.00 bits per heavy atom. The van der Waals surface area contributed by atoms with E-state index in [4.69, 9.17) is 2.74 Å². The van der Waals surface area contributed by atoms with Crippen LogP contribution in [-0.2, 0) is 0 Å². The molecule has 12 heavy (non-hydrogen) atoms. The van der Waals surface area contributed by atoms with Gasteiger partial charge in [-0.25, -0.2) is 0 Å². The molecule has 0 aliphatic heterocycles. The van der Waals surface area contributed by atoms with E-state index >= 15 is 0 Å². The van der Waals surface area contributed by atoms with Gasteiger partial charge in [-0.05, 0) is 11.1 Å². The Bertz CT molecular complexity index is 372. The van der Waals surface area contributed by atoms with Gasteiger partial charge in [0.25, 0.3) is 0 Å². The average molecular weight is 156 g/mol. The molecule has 0 atom stereocenters. The van der Waals surface area contributed by atoms with Crippen molar-refractivity contribution in [3.8, 4) is 11.1 Å². The molecule has 0 aliphatic rings. The first-order valence-corrected chi connectivity index (χ1v) is 3.89. The Morgan fingerprint density at radius 3 is 1.33 bits per heavy atom. The molecule has 0 saturated heterocycles. The van der Waals surface area contributed by atoms with Crippen LogP contribution in [0.4, 0.5) is 0 Å². The van der Waals surface area contributed by atoms with Crippen LogP contribution in [0.15, 0.2) is 60.6 Å². The van der Waals surface area contributed by atoms with Crippen molar-refractivity contribution >= 4 is 0 Å². The van der Waals surface area contributed by atoms with Crippen LogP contribution in [-0.4, -0.2) is 0 Å². The van der Waals surface area contributed by atoms with Gasteiger partial charge in [0.2, 0.25) is 0 Å². The normalized spacial score (nSPS) is 12.0. The van der Waals surface area contributed by atoms with Crippen molar-refractivity contribution in [2.24, 2.45) is 0 Å². The molecular weight excluding hydrogens is 144 g/mol. The molecule has 2 rings (SSSR count). The lowest BCUT2D eigenvalue weighted by atomic mass is 10.1. The summed E-state index contributed by atoms with van der Waals surface area (Å²) < 4.78 is 14.7. The van der Waals surface area contributed by atoms with Gasteiger partial charge in [-0.15, -0.1) is 0 Å². The lowest BCUT2D eigenvalue weighted by molar-refractivity contribution is 1.62. The number of rotatable bonds is 1. The van der Waals surface area contributed by atoms with Gasteiger partial charge in [0.1, 0.15) is 0 Å². The molecule has 0 bridgehead atoms. The van der Waals surface area contributed by atoms with E-state index in [2.05, 4.69) is 0 Å². The van der Waals surface area contributed by atoms with E-state index in [1.54, 1.807) is 24.3 Å². The summed E-state index contributed by atoms with van der Waals surface area (Å²) in [5, 5.41) is 0. The first-order chi connectivity index (χ1) is 6.75. The van der Waals surface area contributed by atoms with Gasteiger partial charge >= 0.3 is 0 Å². The largest absolute Gasteiger partial charge is 0.0623 e. The van der Waals surface area contributed by atoms with Crippen LogP contribution in [0.25, 0.3) is 11.1 Å². The third-order valence-corrected chi connectivity index (χ3v) is 1.77. The van der Waals surface area contributed by atoms with Crippen molar-refractivity contribution in [2.75, 3.05) is 0 Å². The first-order valence-electron chi connectivity index (χ1n) is 4.89. The van der Waals surface area contributed by atoms with Crippen LogP contribution < -0.4 is 0 Å². The maximum Gasteiger partial charge on any atom is 0.0623 e. The molecule has 0 radical (unpaired) electrons. The highest BCUT2D eigenvalue weighted by Crippen LogP contribution is 2.17. The minimum Gasteiger partial charge on any atom is -0.0622 e. The molecule has 0 heteroatoms. The van der Waals surface area contributed by atoms with Gasteiger partial charge in [0.15, 0.2) is 0 Å². The summed E-state index contributed by atoms with van der Waals surface area (Å²) in [5.74, 6) is 0. The van der Waals surface area contributed by atoms with Gasteiger partial charge in [-0.3, -0.25) is 0 Å². The Morgan fingerprint density at radius 1 is 0.667 bits per heavy atom. The Hall–Kier alpha value is -1.56. The fourth-order valence-electron chi connectivity index (χ4n) is 1.16. The molecule has 0 nitrogen and oxygen atoms in total. The van der Waals surface area contributed by atoms with E-state index in [0.717, 1.165) is 11.1 Å². The molecule has 0 spiro atoms. The summed E-state index contributed by atoms with van der Waals surface area (Å²) in [4.78, 5) is 0. The van der Waals surface area contributed by atoms with Crippen LogP contribution in [0.1, 0.15) is 2.74 Å². The fourth-order valence-corrected chi connectivity index (χ4v) is 1.16. The molecule has 0 N–H and O–H groups in total. The summed E-state index contributed by atoms with van der Waals surface area (Å²) in [5.41, 5.74) is 2.17. The summed E-state index contributed by atoms with van der Waals surface area (Å²) >= 11 is 0. The van der Waals surface area contributed by atoms with Gasteiger partial charge in [0, 0.05) is 0 Å². The topological polar surface area (TPSA) is 0 Å². The average Bonchev–Trinajstić information content (AvgIpc) is 2.21. The van der Waals surface area contributed by atoms with E-state index in [0.29, 0.717) is 12.1 Å². The molecule has 2 aromatic rings. The summed E-state index contributed by atoms with van der Waals surface area (Å²) in [6.45, 7) is 0. The van der Waals surface area contributed by atoms with Crippen LogP contribution in [0.3, 0.4) is 0 Å². The van der Waals surface area contributed by atoms with Crippen molar-refractivity contribution in [2.45, 2.75) is 0 Å². The first kappa shape index (κ1) is 5.15. The molecular formula is C12H10. The molecule has 0 amide bonds. The van der Waals surface area contributed by atoms with Crippen molar-refractivity contribution in [3.63, 3.8) is 0 Å². The molecule has 0 heterocycles. The zero-order chi connectivity index (χ0) is 9.97. The SMILES string of the molecule is [2H]c1ccc(-c2ccc([2H])cc2)cc1. The zero-order valence-corrected chi connectivity index (χ0v) is 6.62. The van der Waals surface area contributed by atoms with Crippen LogP contribution in [0.2, 0.25) is 0 Å². The maximum atomic E-state index is 7.36. The van der Waals surface area contributed by atoms with Gasteiger partial charge in [0.05, 0.1) is 2.74 Å². The van der Waals surface area contributed by atoms with E-state index in [9.17, 15) is 0 Å². The van der Waals surface area contributed by atoms with Crippen LogP contribution in [0, 0.1) is 0 Å². The quantitative estimate of drug-likeness (QED) is 0.594. The molecule has 2 aromatic carbocycles. The third-order valence-electron chi connectivity index (χ3n) is 1.77. The second-order valence-electron chi connectivity index (χ2n) is 2.58. The third kappa shape index (κ3) is 1.37. The molecule has 0 saturated carbocycles. The summed E-state index contributed by atoms with van der Waals surface area (Å²) in [7, 11) is 0. The highest BCUT2D eigenvalue weighted by molar-refractivity contribution is 5.62. The second-order valence-corrected chi connectivity index (χ2v) is 2.58. The Kier molecular flexibility index (Phi) is 1.38. The molecule has 0 unspecified atom stereocenters. The van der Waals surface area contributed by atoms with E-state index in [1.807, 2.05) is 24.3 Å². The summed E-state index contributed by atoms with van der Waals surface area (Å²) in [6, 6.07) is 15.8. The summed E-state index contributed by atoms with van der Waals surface area (Å²) in [6.07, 6.45) is 0. The van der Waals surface area contributed by atoms with Gasteiger partial charge < -0.3 is 0 Å². The lowest BCUT2D eigenvalue weighted by Gasteiger charge is -1.98. The predicted octanol–water partition coefficient (Wildman–Crippen LogP) is 3.35. The van der Waals surface area contributed by atoms with Crippen molar-refractivity contribution in [1.29, 1.82) is 0 Å². The minimum absolute atomic E-state index is 0.519. The monoisotopic (exact) mass is 156 g/mol. The van der Waals surface area contributed by atoms with E-state index in [1.165, 1.54) is 0 Å². The predicted molar refractivity (Wildman–Crippen MR) is 51.9 cm³/mol. The van der Waals surface area contributed by atoms with Gasteiger partial charge in [-0.2, -0.15) is 0 Å². The minimum atomic E-state index is 0.519. The zero-order valence-electron chi connectivity index (χ0n) is 8.62. The van der Waals surface area contributed by atoms with E-state index in [-0.39, 0.29) is 0 Å². The molecule has 58 valence electrons. The number of benzene rings is 2. The fraction of sp³-hybridized carbons (Fsp3) is 0. The Labute approximate surface area is 75.3 Å². The van der Waals surface area contributed by atoms with Crippen molar-refractivity contribution in [1.82, 2.24) is 0 Å². The Balaban J connectivity index is 2.40. The van der Waals surface area contributed by atoms with Crippen molar-refractivity contribution < 1.29 is 2.74 Å². The highest BCUT2D eigenvalue weighted by atomic mass is 14.0. The smallest absolute Gasteiger partial charge is 0.0622 e. The maximum absolute atomic E-state index is 7.36. The second kappa shape index (κ2) is 3.22. The highest BCUT2D eigenvalue weighted by Gasteiger charge is 1.91. The number of hydrogen-bond acceptors (Lipinski definition) is 0. The van der Waals surface area contributed by atoms with Crippen LogP contribution in [0.5, 0.6) is 0 Å². The molecule has 0 fully saturated rings. The number of hydrogen-bond donors (Lipinski definition) is 0. The van der Waals surface area contributed by atoms with E-state index < -0.39 is 0 Å². The lowest BCUT2D eigenvalue weighted by Crippen LogP contribution is -1.73. The molecule has 0 aromatic heterocycles. The standard InChI is InChI=1S/C12H10/c1-3-7-11(8-4-1)12-9-5-2-6-10-12/h1-10H/i1D,2D. The van der Waals surface area contributed by atoms with Crippen LogP contribution >= 0.6 is 0 Å². The molecule has 0 aliphatic carbocycles.